The topological polar surface area (TPSA) is 120 Å². The van der Waals surface area contributed by atoms with Crippen molar-refractivity contribution < 1.29 is 9.59 Å². The van der Waals surface area contributed by atoms with Gasteiger partial charge in [-0.3, -0.25) is 28.9 Å². The summed E-state index contributed by atoms with van der Waals surface area (Å²) in [6.45, 7) is 5.21. The molecule has 48 heavy (non-hydrogen) atoms. The van der Waals surface area contributed by atoms with E-state index in [1.807, 2.05) is 84.9 Å². The van der Waals surface area contributed by atoms with Gasteiger partial charge in [0.2, 0.25) is 0 Å². The van der Waals surface area contributed by atoms with E-state index in [9.17, 15) is 9.59 Å². The Kier molecular flexibility index (Phi) is 10.1. The molecule has 10 nitrogen and oxygen atoms in total. The summed E-state index contributed by atoms with van der Waals surface area (Å²) in [5.74, 6) is -0.459. The number of nitrogens with one attached hydrogen (secondary N) is 2. The number of aryl methyl sites for hydroxylation is 4. The van der Waals surface area contributed by atoms with Gasteiger partial charge in [-0.05, 0) is 97.5 Å². The fourth-order valence-corrected chi connectivity index (χ4v) is 5.43. The van der Waals surface area contributed by atoms with Crippen molar-refractivity contribution in [2.24, 2.45) is 0 Å². The molecule has 0 unspecified atom stereocenters. The number of anilines is 2. The fraction of sp³-hybridized carbons (Fsp3) is 0.211. The molecule has 0 aliphatic carbocycles. The number of rotatable bonds is 13. The fourth-order valence-electron chi connectivity index (χ4n) is 5.43. The van der Waals surface area contributed by atoms with Crippen LogP contribution in [-0.2, 0) is 25.9 Å². The molecular weight excluding hydrogens is 600 g/mol. The Balaban J connectivity index is 1.18. The minimum Gasteiger partial charge on any atom is -0.321 e. The minimum absolute atomic E-state index is 0.230. The summed E-state index contributed by atoms with van der Waals surface area (Å²) in [5, 5.41) is 15.6. The third-order valence-corrected chi connectivity index (χ3v) is 8.21. The van der Waals surface area contributed by atoms with E-state index in [0.29, 0.717) is 48.7 Å². The van der Waals surface area contributed by atoms with Crippen molar-refractivity contribution in [2.75, 3.05) is 10.6 Å². The SMILES string of the molecule is CCc1ccc(NC(=O)c2cc(-c3ccncc3)nn2CCCCn2nc(-c3ccncc3)cc2C(=O)Nc2ccc(CC)cc2)cc1. The number of aromatic nitrogens is 6. The van der Waals surface area contributed by atoms with Crippen LogP contribution in [0, 0.1) is 0 Å². The molecule has 242 valence electrons. The van der Waals surface area contributed by atoms with Gasteiger partial charge in [0.15, 0.2) is 0 Å². The third-order valence-electron chi connectivity index (χ3n) is 8.21. The molecule has 0 aliphatic heterocycles. The predicted molar refractivity (Wildman–Crippen MR) is 188 cm³/mol. The second-order valence-electron chi connectivity index (χ2n) is 11.5. The van der Waals surface area contributed by atoms with Crippen molar-refractivity contribution in [3.8, 4) is 22.5 Å². The van der Waals surface area contributed by atoms with Crippen molar-refractivity contribution in [3.63, 3.8) is 0 Å². The van der Waals surface area contributed by atoms with E-state index in [2.05, 4.69) is 34.4 Å². The maximum absolute atomic E-state index is 13.5. The zero-order valence-electron chi connectivity index (χ0n) is 27.1. The summed E-state index contributed by atoms with van der Waals surface area (Å²) >= 11 is 0. The number of carbonyl (C=O) groups is 2. The lowest BCUT2D eigenvalue weighted by Crippen LogP contribution is -2.19. The smallest absolute Gasteiger partial charge is 0.273 e. The third kappa shape index (κ3) is 7.72. The Morgan fingerprint density at radius 3 is 1.29 bits per heavy atom. The number of benzene rings is 2. The summed E-state index contributed by atoms with van der Waals surface area (Å²) in [7, 11) is 0. The highest BCUT2D eigenvalue weighted by Crippen LogP contribution is 2.22. The Morgan fingerprint density at radius 2 is 0.938 bits per heavy atom. The first-order valence-electron chi connectivity index (χ1n) is 16.3. The highest BCUT2D eigenvalue weighted by molar-refractivity contribution is 6.04. The number of amides is 2. The molecule has 2 N–H and O–H groups in total. The molecule has 4 aromatic heterocycles. The molecule has 0 bridgehead atoms. The van der Waals surface area contributed by atoms with E-state index in [1.54, 1.807) is 34.2 Å². The van der Waals surface area contributed by atoms with Crippen molar-refractivity contribution >= 4 is 23.2 Å². The highest BCUT2D eigenvalue weighted by Gasteiger charge is 2.19. The summed E-state index contributed by atoms with van der Waals surface area (Å²) in [6, 6.07) is 26.9. The van der Waals surface area contributed by atoms with Crippen LogP contribution in [0.25, 0.3) is 22.5 Å². The van der Waals surface area contributed by atoms with Gasteiger partial charge in [-0.1, -0.05) is 38.1 Å². The van der Waals surface area contributed by atoms with Gasteiger partial charge in [0.1, 0.15) is 11.4 Å². The van der Waals surface area contributed by atoms with Crippen LogP contribution in [0.15, 0.2) is 110 Å². The second kappa shape index (κ2) is 15.1. The molecule has 0 atom stereocenters. The number of hydrogen-bond donors (Lipinski definition) is 2. The zero-order chi connectivity index (χ0) is 33.3. The second-order valence-corrected chi connectivity index (χ2v) is 11.5. The summed E-state index contributed by atoms with van der Waals surface area (Å²) < 4.78 is 3.51. The predicted octanol–water partition coefficient (Wildman–Crippen LogP) is 7.31. The molecule has 0 spiro atoms. The standard InChI is InChI=1S/C38H38N8O2/c1-3-27-7-11-31(12-8-27)41-37(47)35-25-33(29-15-19-39-20-16-29)43-45(35)23-5-6-24-46-36(26-34(44-46)30-17-21-40-22-18-30)38(48)42-32-13-9-28(4-2)10-14-32/h7-22,25-26H,3-6,23-24H2,1-2H3,(H,41,47)(H,42,48). The van der Waals surface area contributed by atoms with Crippen LogP contribution in [0.4, 0.5) is 11.4 Å². The van der Waals surface area contributed by atoms with E-state index >= 15 is 0 Å². The van der Waals surface area contributed by atoms with Crippen molar-refractivity contribution in [1.29, 1.82) is 0 Å². The first-order valence-corrected chi connectivity index (χ1v) is 16.3. The van der Waals surface area contributed by atoms with Gasteiger partial charge in [0, 0.05) is 60.4 Å². The van der Waals surface area contributed by atoms with Crippen LogP contribution >= 0.6 is 0 Å². The number of nitrogens with zero attached hydrogens (tertiary/aromatic N) is 6. The molecule has 2 amide bonds. The first-order chi connectivity index (χ1) is 23.5. The molecule has 6 aromatic rings. The van der Waals surface area contributed by atoms with Gasteiger partial charge in [-0.2, -0.15) is 10.2 Å². The summed E-state index contributed by atoms with van der Waals surface area (Å²) in [6.07, 6.45) is 10.1. The Morgan fingerprint density at radius 1 is 0.562 bits per heavy atom. The average Bonchev–Trinajstić information content (AvgIpc) is 3.77. The van der Waals surface area contributed by atoms with Crippen LogP contribution in [0.5, 0.6) is 0 Å². The molecule has 0 saturated heterocycles. The Hall–Kier alpha value is -5.90. The zero-order valence-corrected chi connectivity index (χ0v) is 27.1. The van der Waals surface area contributed by atoms with Crippen LogP contribution < -0.4 is 10.6 Å². The summed E-state index contributed by atoms with van der Waals surface area (Å²) in [5.41, 5.74) is 7.95. The number of hydrogen-bond acceptors (Lipinski definition) is 6. The lowest BCUT2D eigenvalue weighted by atomic mass is 10.1. The molecule has 0 radical (unpaired) electrons. The van der Waals surface area contributed by atoms with Gasteiger partial charge in [-0.15, -0.1) is 0 Å². The van der Waals surface area contributed by atoms with E-state index in [4.69, 9.17) is 10.2 Å². The Labute approximate surface area is 279 Å². The van der Waals surface area contributed by atoms with E-state index in [-0.39, 0.29) is 11.8 Å². The molecule has 0 saturated carbocycles. The highest BCUT2D eigenvalue weighted by atomic mass is 16.2. The molecule has 0 aliphatic rings. The number of unbranched alkanes of at least 4 members (excludes halogenated alkanes) is 1. The molecule has 0 fully saturated rings. The normalized spacial score (nSPS) is 11.0. The maximum Gasteiger partial charge on any atom is 0.273 e. The van der Waals surface area contributed by atoms with Gasteiger partial charge in [0.25, 0.3) is 11.8 Å². The number of carbonyl (C=O) groups excluding carboxylic acids is 2. The monoisotopic (exact) mass is 638 g/mol. The average molecular weight is 639 g/mol. The first kappa shape index (κ1) is 32.1. The lowest BCUT2D eigenvalue weighted by Gasteiger charge is -2.10. The van der Waals surface area contributed by atoms with Gasteiger partial charge < -0.3 is 10.6 Å². The lowest BCUT2D eigenvalue weighted by molar-refractivity contribution is 0.100. The van der Waals surface area contributed by atoms with Crippen molar-refractivity contribution in [1.82, 2.24) is 29.5 Å². The number of pyridine rings is 2. The summed E-state index contributed by atoms with van der Waals surface area (Å²) in [4.78, 5) is 35.2. The maximum atomic E-state index is 13.5. The van der Waals surface area contributed by atoms with Crippen LogP contribution in [-0.4, -0.2) is 41.3 Å². The van der Waals surface area contributed by atoms with E-state index in [0.717, 1.165) is 35.3 Å². The Bertz CT molecular complexity index is 1820. The molecule has 10 heteroatoms. The van der Waals surface area contributed by atoms with Crippen LogP contribution in [0.2, 0.25) is 0 Å². The van der Waals surface area contributed by atoms with Gasteiger partial charge >= 0.3 is 0 Å². The molecule has 4 heterocycles. The van der Waals surface area contributed by atoms with E-state index < -0.39 is 0 Å². The van der Waals surface area contributed by atoms with Gasteiger partial charge in [0.05, 0.1) is 11.4 Å². The molecule has 2 aromatic carbocycles. The van der Waals surface area contributed by atoms with Crippen LogP contribution in [0.1, 0.15) is 58.8 Å². The quantitative estimate of drug-likeness (QED) is 0.128. The molecule has 6 rings (SSSR count). The molecular formula is C38H38N8O2. The van der Waals surface area contributed by atoms with Crippen LogP contribution in [0.3, 0.4) is 0 Å². The minimum atomic E-state index is -0.230. The largest absolute Gasteiger partial charge is 0.321 e. The van der Waals surface area contributed by atoms with E-state index in [1.165, 1.54) is 11.1 Å². The van der Waals surface area contributed by atoms with Crippen molar-refractivity contribution in [3.05, 3.63) is 132 Å². The van der Waals surface area contributed by atoms with Crippen molar-refractivity contribution in [2.45, 2.75) is 52.6 Å². The van der Waals surface area contributed by atoms with Gasteiger partial charge in [-0.25, -0.2) is 0 Å².